The first kappa shape index (κ1) is 13.7. The highest BCUT2D eigenvalue weighted by Crippen LogP contribution is 2.36. The van der Waals surface area contributed by atoms with Crippen molar-refractivity contribution in [3.8, 4) is 5.75 Å². The molecule has 1 aliphatic heterocycles. The van der Waals surface area contributed by atoms with Gasteiger partial charge in [-0.1, -0.05) is 46.3 Å². The van der Waals surface area contributed by atoms with Crippen LogP contribution in [0.1, 0.15) is 23.5 Å². The molecule has 0 saturated carbocycles. The van der Waals surface area contributed by atoms with Gasteiger partial charge in [-0.05, 0) is 36.6 Å². The highest BCUT2D eigenvalue weighted by molar-refractivity contribution is 9.10. The van der Waals surface area contributed by atoms with Crippen LogP contribution in [0.3, 0.4) is 0 Å². The van der Waals surface area contributed by atoms with Crippen LogP contribution in [0, 0.1) is 0 Å². The van der Waals surface area contributed by atoms with Crippen molar-refractivity contribution >= 4 is 15.9 Å². The summed E-state index contributed by atoms with van der Waals surface area (Å²) >= 11 is 3.45. The van der Waals surface area contributed by atoms with E-state index in [1.54, 1.807) is 0 Å². The number of rotatable bonds is 4. The van der Waals surface area contributed by atoms with E-state index in [-0.39, 0.29) is 6.04 Å². The predicted molar refractivity (Wildman–Crippen MR) is 85.1 cm³/mol. The Bertz CT molecular complexity index is 582. The third-order valence-corrected chi connectivity index (χ3v) is 4.33. The van der Waals surface area contributed by atoms with Gasteiger partial charge in [0, 0.05) is 22.0 Å². The summed E-state index contributed by atoms with van der Waals surface area (Å²) in [5.41, 5.74) is 8.90. The molecule has 1 aliphatic rings. The van der Waals surface area contributed by atoms with E-state index in [2.05, 4.69) is 52.3 Å². The summed E-state index contributed by atoms with van der Waals surface area (Å²) in [7, 11) is 0. The lowest BCUT2D eigenvalue weighted by Crippen LogP contribution is -2.26. The number of halogens is 1. The minimum atomic E-state index is 0.163. The van der Waals surface area contributed by atoms with E-state index in [1.807, 2.05) is 12.1 Å². The van der Waals surface area contributed by atoms with Crippen molar-refractivity contribution in [3.63, 3.8) is 0 Å². The van der Waals surface area contributed by atoms with E-state index >= 15 is 0 Å². The molecule has 1 heterocycles. The van der Waals surface area contributed by atoms with E-state index in [9.17, 15) is 0 Å². The molecule has 20 heavy (non-hydrogen) atoms. The van der Waals surface area contributed by atoms with Crippen LogP contribution in [0.4, 0.5) is 0 Å². The minimum Gasteiger partial charge on any atom is -0.493 e. The molecule has 0 aliphatic carbocycles. The summed E-state index contributed by atoms with van der Waals surface area (Å²) in [6.45, 7) is 0.757. The molecule has 0 amide bonds. The van der Waals surface area contributed by atoms with Crippen molar-refractivity contribution in [2.45, 2.75) is 24.8 Å². The zero-order valence-electron chi connectivity index (χ0n) is 11.3. The molecule has 3 rings (SSSR count). The molecular formula is C17H18BrNO. The van der Waals surface area contributed by atoms with Crippen LogP contribution >= 0.6 is 15.9 Å². The summed E-state index contributed by atoms with van der Waals surface area (Å²) in [5, 5.41) is 0. The molecule has 2 unspecified atom stereocenters. The Labute approximate surface area is 128 Å². The van der Waals surface area contributed by atoms with Gasteiger partial charge in [-0.25, -0.2) is 0 Å². The molecular weight excluding hydrogens is 314 g/mol. The number of fused-ring (bicyclic) bond motifs is 1. The van der Waals surface area contributed by atoms with Crippen LogP contribution in [0.25, 0.3) is 0 Å². The highest BCUT2D eigenvalue weighted by atomic mass is 79.9. The van der Waals surface area contributed by atoms with Crippen LogP contribution in [-0.4, -0.2) is 12.6 Å². The molecule has 2 N–H and O–H groups in total. The molecule has 104 valence electrons. The summed E-state index contributed by atoms with van der Waals surface area (Å²) in [6, 6.07) is 16.8. The Kier molecular flexibility index (Phi) is 4.08. The molecule has 0 spiro atoms. The van der Waals surface area contributed by atoms with Gasteiger partial charge >= 0.3 is 0 Å². The Morgan fingerprint density at radius 3 is 2.70 bits per heavy atom. The first-order valence-electron chi connectivity index (χ1n) is 6.94. The minimum absolute atomic E-state index is 0.163. The largest absolute Gasteiger partial charge is 0.493 e. The van der Waals surface area contributed by atoms with E-state index < -0.39 is 0 Å². The molecule has 0 aromatic heterocycles. The number of hydrogen-bond acceptors (Lipinski definition) is 2. The van der Waals surface area contributed by atoms with Gasteiger partial charge in [0.05, 0.1) is 6.61 Å². The van der Waals surface area contributed by atoms with Crippen molar-refractivity contribution in [1.82, 2.24) is 0 Å². The smallest absolute Gasteiger partial charge is 0.122 e. The first-order chi connectivity index (χ1) is 9.72. The third-order valence-electron chi connectivity index (χ3n) is 3.80. The lowest BCUT2D eigenvalue weighted by atomic mass is 9.91. The standard InChI is InChI=1S/C17H18BrNO/c18-14-7-5-12(6-8-14)9-15(19)10-13-11-20-17-4-2-1-3-16(13)17/h1-8,13,15H,9-11,19H2. The second-order valence-corrected chi connectivity index (χ2v) is 6.29. The van der Waals surface area contributed by atoms with Crippen LogP contribution < -0.4 is 10.5 Å². The zero-order valence-corrected chi connectivity index (χ0v) is 12.8. The second kappa shape index (κ2) is 5.98. The Hall–Kier alpha value is -1.32. The molecule has 0 radical (unpaired) electrons. The number of benzene rings is 2. The maximum Gasteiger partial charge on any atom is 0.122 e. The van der Waals surface area contributed by atoms with E-state index in [0.29, 0.717) is 5.92 Å². The van der Waals surface area contributed by atoms with Gasteiger partial charge in [0.25, 0.3) is 0 Å². The normalized spacial score (nSPS) is 18.4. The maximum absolute atomic E-state index is 6.31. The van der Waals surface area contributed by atoms with Gasteiger partial charge in [0.1, 0.15) is 5.75 Å². The van der Waals surface area contributed by atoms with Crippen LogP contribution in [0.15, 0.2) is 53.0 Å². The lowest BCUT2D eigenvalue weighted by Gasteiger charge is -2.16. The SMILES string of the molecule is NC(Cc1ccc(Br)cc1)CC1COc2ccccc21. The van der Waals surface area contributed by atoms with Crippen LogP contribution in [0.2, 0.25) is 0 Å². The topological polar surface area (TPSA) is 35.2 Å². The van der Waals surface area contributed by atoms with Crippen molar-refractivity contribution in [2.75, 3.05) is 6.61 Å². The fourth-order valence-electron chi connectivity index (χ4n) is 2.80. The van der Waals surface area contributed by atoms with E-state index in [1.165, 1.54) is 11.1 Å². The predicted octanol–water partition coefficient (Wildman–Crippen LogP) is 3.89. The van der Waals surface area contributed by atoms with Crippen molar-refractivity contribution in [1.29, 1.82) is 0 Å². The quantitative estimate of drug-likeness (QED) is 0.922. The number of nitrogens with two attached hydrogens (primary N) is 1. The molecule has 0 fully saturated rings. The molecule has 2 aromatic rings. The number of hydrogen-bond donors (Lipinski definition) is 1. The van der Waals surface area contributed by atoms with E-state index in [0.717, 1.165) is 29.7 Å². The zero-order chi connectivity index (χ0) is 13.9. The van der Waals surface area contributed by atoms with Gasteiger partial charge in [0.2, 0.25) is 0 Å². The Morgan fingerprint density at radius 2 is 1.90 bits per heavy atom. The lowest BCUT2D eigenvalue weighted by molar-refractivity contribution is 0.318. The Morgan fingerprint density at radius 1 is 1.15 bits per heavy atom. The average molecular weight is 332 g/mol. The molecule has 0 bridgehead atoms. The van der Waals surface area contributed by atoms with Gasteiger partial charge in [-0.3, -0.25) is 0 Å². The van der Waals surface area contributed by atoms with Gasteiger partial charge in [-0.15, -0.1) is 0 Å². The second-order valence-electron chi connectivity index (χ2n) is 5.37. The molecule has 3 heteroatoms. The summed E-state index contributed by atoms with van der Waals surface area (Å²) < 4.78 is 6.82. The maximum atomic E-state index is 6.31. The third kappa shape index (κ3) is 3.05. The molecule has 0 saturated heterocycles. The van der Waals surface area contributed by atoms with E-state index in [4.69, 9.17) is 10.5 Å². The average Bonchev–Trinajstić information content (AvgIpc) is 2.85. The van der Waals surface area contributed by atoms with Crippen molar-refractivity contribution in [2.24, 2.45) is 5.73 Å². The summed E-state index contributed by atoms with van der Waals surface area (Å²) in [4.78, 5) is 0. The fraction of sp³-hybridized carbons (Fsp3) is 0.294. The molecule has 2 atom stereocenters. The monoisotopic (exact) mass is 331 g/mol. The summed E-state index contributed by atoms with van der Waals surface area (Å²) in [5.74, 6) is 1.45. The number of ether oxygens (including phenoxy) is 1. The Balaban J connectivity index is 1.62. The highest BCUT2D eigenvalue weighted by Gasteiger charge is 2.25. The van der Waals surface area contributed by atoms with Crippen molar-refractivity contribution < 1.29 is 4.74 Å². The van der Waals surface area contributed by atoms with Crippen LogP contribution in [-0.2, 0) is 6.42 Å². The summed E-state index contributed by atoms with van der Waals surface area (Å²) in [6.07, 6.45) is 1.87. The van der Waals surface area contributed by atoms with Gasteiger partial charge < -0.3 is 10.5 Å². The first-order valence-corrected chi connectivity index (χ1v) is 7.73. The van der Waals surface area contributed by atoms with Crippen LogP contribution in [0.5, 0.6) is 5.75 Å². The number of para-hydroxylation sites is 1. The fourth-order valence-corrected chi connectivity index (χ4v) is 3.06. The molecule has 2 aromatic carbocycles. The van der Waals surface area contributed by atoms with Gasteiger partial charge in [-0.2, -0.15) is 0 Å². The van der Waals surface area contributed by atoms with Crippen molar-refractivity contribution in [3.05, 3.63) is 64.1 Å². The molecule has 2 nitrogen and oxygen atoms in total. The van der Waals surface area contributed by atoms with Gasteiger partial charge in [0.15, 0.2) is 0 Å².